The Morgan fingerprint density at radius 3 is 2.83 bits per heavy atom. The second-order valence-corrected chi connectivity index (χ2v) is 8.88. The number of rotatable bonds is 7. The van der Waals surface area contributed by atoms with E-state index in [4.69, 9.17) is 4.74 Å². The van der Waals surface area contributed by atoms with Crippen LogP contribution in [0.2, 0.25) is 0 Å². The monoisotopic (exact) mass is 416 g/mol. The van der Waals surface area contributed by atoms with E-state index in [0.717, 1.165) is 0 Å². The first-order chi connectivity index (χ1) is 13.9. The molecule has 1 aromatic heterocycles. The highest BCUT2D eigenvalue weighted by atomic mass is 32.2. The van der Waals surface area contributed by atoms with Gasteiger partial charge in [0.15, 0.2) is 21.4 Å². The molecule has 0 spiro atoms. The lowest BCUT2D eigenvalue weighted by molar-refractivity contribution is -0.127. The molecule has 152 valence electrons. The molecule has 0 radical (unpaired) electrons. The molecule has 1 unspecified atom stereocenters. The molecule has 1 fully saturated rings. The molecule has 29 heavy (non-hydrogen) atoms. The van der Waals surface area contributed by atoms with E-state index in [-0.39, 0.29) is 35.7 Å². The molecule has 1 aliphatic rings. The maximum Gasteiger partial charge on any atom is 0.247 e. The summed E-state index contributed by atoms with van der Waals surface area (Å²) in [6, 6.07) is 7.32. The number of pyridine rings is 1. The van der Waals surface area contributed by atoms with E-state index < -0.39 is 15.7 Å². The molecular formula is C21H21FN2O4S. The smallest absolute Gasteiger partial charge is 0.247 e. The molecule has 1 amide bonds. The number of ether oxygens (including phenoxy) is 1. The maximum atomic E-state index is 14.3. The van der Waals surface area contributed by atoms with Crippen LogP contribution in [-0.4, -0.2) is 48.3 Å². The van der Waals surface area contributed by atoms with Crippen molar-refractivity contribution in [3.05, 3.63) is 72.8 Å². The molecule has 1 aliphatic heterocycles. The van der Waals surface area contributed by atoms with Crippen LogP contribution in [0.25, 0.3) is 6.08 Å². The standard InChI is InChI=1S/C21H21FN2O4S/c1-2-11-24(17-9-12-29(26,27)15-17)21(25)8-6-16-5-7-20(19(22)13-16)28-18-4-3-10-23-14-18/h2-8,10,13-14,17H,1,9,11-12,15H2/b8-6+. The maximum absolute atomic E-state index is 14.3. The van der Waals surface area contributed by atoms with Crippen molar-refractivity contribution in [2.75, 3.05) is 18.1 Å². The highest BCUT2D eigenvalue weighted by Gasteiger charge is 2.33. The second kappa shape index (κ2) is 9.00. The Morgan fingerprint density at radius 2 is 2.21 bits per heavy atom. The van der Waals surface area contributed by atoms with Gasteiger partial charge >= 0.3 is 0 Å². The summed E-state index contributed by atoms with van der Waals surface area (Å²) in [4.78, 5) is 17.9. The first-order valence-electron chi connectivity index (χ1n) is 9.05. The fourth-order valence-electron chi connectivity index (χ4n) is 3.08. The zero-order valence-corrected chi connectivity index (χ0v) is 16.5. The van der Waals surface area contributed by atoms with Gasteiger partial charge in [-0.05, 0) is 42.3 Å². The van der Waals surface area contributed by atoms with Crippen molar-refractivity contribution < 1.29 is 22.3 Å². The largest absolute Gasteiger partial charge is 0.453 e. The summed E-state index contributed by atoms with van der Waals surface area (Å²) in [5.74, 6) is -0.430. The van der Waals surface area contributed by atoms with Gasteiger partial charge in [0.05, 0.1) is 17.7 Å². The van der Waals surface area contributed by atoms with Crippen molar-refractivity contribution in [1.82, 2.24) is 9.88 Å². The number of amides is 1. The Balaban J connectivity index is 1.70. The molecule has 0 saturated carbocycles. The van der Waals surface area contributed by atoms with Crippen LogP contribution in [0.4, 0.5) is 4.39 Å². The molecule has 1 aromatic carbocycles. The van der Waals surface area contributed by atoms with E-state index in [2.05, 4.69) is 11.6 Å². The number of halogens is 1. The first kappa shape index (κ1) is 20.7. The van der Waals surface area contributed by atoms with Crippen molar-refractivity contribution in [2.45, 2.75) is 12.5 Å². The third kappa shape index (κ3) is 5.51. The van der Waals surface area contributed by atoms with Crippen LogP contribution in [0.3, 0.4) is 0 Å². The fraction of sp³-hybridized carbons (Fsp3) is 0.238. The molecule has 0 N–H and O–H groups in total. The Labute approximate surface area is 169 Å². The lowest BCUT2D eigenvalue weighted by Gasteiger charge is -2.25. The number of benzene rings is 1. The summed E-state index contributed by atoms with van der Waals surface area (Å²) >= 11 is 0. The lowest BCUT2D eigenvalue weighted by Crippen LogP contribution is -2.40. The molecule has 2 aromatic rings. The molecule has 0 bridgehead atoms. The summed E-state index contributed by atoms with van der Waals surface area (Å²) < 4.78 is 43.2. The highest BCUT2D eigenvalue weighted by Crippen LogP contribution is 2.25. The molecule has 2 heterocycles. The minimum atomic E-state index is -3.12. The van der Waals surface area contributed by atoms with E-state index in [1.54, 1.807) is 30.5 Å². The van der Waals surface area contributed by atoms with Gasteiger partial charge in [0.1, 0.15) is 5.75 Å². The average Bonchev–Trinajstić information content (AvgIpc) is 3.06. The summed E-state index contributed by atoms with van der Waals surface area (Å²) in [7, 11) is -3.12. The molecule has 6 nitrogen and oxygen atoms in total. The normalized spacial score (nSPS) is 17.9. The van der Waals surface area contributed by atoms with Gasteiger partial charge in [-0.25, -0.2) is 12.8 Å². The van der Waals surface area contributed by atoms with Gasteiger partial charge in [-0.15, -0.1) is 6.58 Å². The topological polar surface area (TPSA) is 76.6 Å². The molecule has 0 aliphatic carbocycles. The number of carbonyl (C=O) groups excluding carboxylic acids is 1. The molecule has 3 rings (SSSR count). The highest BCUT2D eigenvalue weighted by molar-refractivity contribution is 7.91. The predicted molar refractivity (Wildman–Crippen MR) is 109 cm³/mol. The number of hydrogen-bond donors (Lipinski definition) is 0. The third-order valence-electron chi connectivity index (χ3n) is 4.49. The zero-order valence-electron chi connectivity index (χ0n) is 15.7. The van der Waals surface area contributed by atoms with E-state index in [1.165, 1.54) is 35.4 Å². The molecule has 1 atom stereocenters. The van der Waals surface area contributed by atoms with Crippen molar-refractivity contribution in [1.29, 1.82) is 0 Å². The Morgan fingerprint density at radius 1 is 1.38 bits per heavy atom. The van der Waals surface area contributed by atoms with Crippen molar-refractivity contribution in [2.24, 2.45) is 0 Å². The van der Waals surface area contributed by atoms with Crippen molar-refractivity contribution in [3.8, 4) is 11.5 Å². The number of aromatic nitrogens is 1. The minimum absolute atomic E-state index is 0.0462. The van der Waals surface area contributed by atoms with Crippen LogP contribution in [0.1, 0.15) is 12.0 Å². The SMILES string of the molecule is C=CCN(C(=O)/C=C/c1ccc(Oc2cccnc2)c(F)c1)C1CCS(=O)(=O)C1. The fourth-order valence-corrected chi connectivity index (χ4v) is 4.81. The number of sulfone groups is 1. The van der Waals surface area contributed by atoms with Crippen LogP contribution in [0.15, 0.2) is 61.5 Å². The number of carbonyl (C=O) groups is 1. The van der Waals surface area contributed by atoms with E-state index in [0.29, 0.717) is 17.7 Å². The Bertz CT molecular complexity index is 1020. The lowest BCUT2D eigenvalue weighted by atomic mass is 10.1. The van der Waals surface area contributed by atoms with Crippen LogP contribution >= 0.6 is 0 Å². The van der Waals surface area contributed by atoms with Gasteiger partial charge in [-0.3, -0.25) is 9.78 Å². The average molecular weight is 416 g/mol. The van der Waals surface area contributed by atoms with E-state index in [1.807, 2.05) is 0 Å². The summed E-state index contributed by atoms with van der Waals surface area (Å²) in [6.45, 7) is 3.87. The van der Waals surface area contributed by atoms with Crippen molar-refractivity contribution >= 4 is 21.8 Å². The summed E-state index contributed by atoms with van der Waals surface area (Å²) in [5.41, 5.74) is 0.479. The van der Waals surface area contributed by atoms with Gasteiger partial charge < -0.3 is 9.64 Å². The first-order valence-corrected chi connectivity index (χ1v) is 10.9. The van der Waals surface area contributed by atoms with E-state index in [9.17, 15) is 17.6 Å². The minimum Gasteiger partial charge on any atom is -0.453 e. The van der Waals surface area contributed by atoms with Gasteiger partial charge in [-0.1, -0.05) is 12.1 Å². The van der Waals surface area contributed by atoms with Crippen molar-refractivity contribution in [3.63, 3.8) is 0 Å². The number of hydrogen-bond acceptors (Lipinski definition) is 5. The van der Waals surface area contributed by atoms with Gasteiger partial charge in [0, 0.05) is 24.9 Å². The molecule has 1 saturated heterocycles. The van der Waals surface area contributed by atoms with Crippen LogP contribution < -0.4 is 4.74 Å². The predicted octanol–water partition coefficient (Wildman–Crippen LogP) is 3.23. The molecular weight excluding hydrogens is 395 g/mol. The van der Waals surface area contributed by atoms with Gasteiger partial charge in [0.2, 0.25) is 5.91 Å². The quantitative estimate of drug-likeness (QED) is 0.512. The Kier molecular flexibility index (Phi) is 6.43. The molecule has 8 heteroatoms. The van der Waals surface area contributed by atoms with E-state index >= 15 is 0 Å². The van der Waals surface area contributed by atoms with Gasteiger partial charge in [-0.2, -0.15) is 0 Å². The second-order valence-electron chi connectivity index (χ2n) is 6.65. The zero-order chi connectivity index (χ0) is 20.9. The van der Waals surface area contributed by atoms with Crippen LogP contribution in [0.5, 0.6) is 11.5 Å². The van der Waals surface area contributed by atoms with Crippen LogP contribution in [-0.2, 0) is 14.6 Å². The third-order valence-corrected chi connectivity index (χ3v) is 6.24. The summed E-state index contributed by atoms with van der Waals surface area (Å²) in [5, 5.41) is 0. The summed E-state index contributed by atoms with van der Waals surface area (Å²) in [6.07, 6.45) is 7.82. The number of nitrogens with zero attached hydrogens (tertiary/aromatic N) is 2. The van der Waals surface area contributed by atoms with Gasteiger partial charge in [0.25, 0.3) is 0 Å². The Hall–Kier alpha value is -3.00. The van der Waals surface area contributed by atoms with Crippen LogP contribution in [0, 0.1) is 5.82 Å².